The van der Waals surface area contributed by atoms with Gasteiger partial charge in [0.25, 0.3) is 6.01 Å². The quantitative estimate of drug-likeness (QED) is 0.879. The van der Waals surface area contributed by atoms with E-state index in [1.807, 2.05) is 11.8 Å². The number of carboxylic acid groups (broad SMARTS) is 1. The van der Waals surface area contributed by atoms with Crippen LogP contribution in [0.5, 0.6) is 0 Å². The lowest BCUT2D eigenvalue weighted by Gasteiger charge is -2.18. The highest BCUT2D eigenvalue weighted by molar-refractivity contribution is 7.99. The van der Waals surface area contributed by atoms with Crippen molar-refractivity contribution in [3.63, 3.8) is 0 Å². The number of fused-ring (bicyclic) bond motifs is 1. The van der Waals surface area contributed by atoms with Gasteiger partial charge in [0.2, 0.25) is 0 Å². The van der Waals surface area contributed by atoms with Crippen LogP contribution in [0.15, 0.2) is 22.6 Å². The number of hydrogen-bond donors (Lipinski definition) is 2. The van der Waals surface area contributed by atoms with Crippen LogP contribution in [0.4, 0.5) is 6.01 Å². The first kappa shape index (κ1) is 14.3. The molecule has 2 atom stereocenters. The van der Waals surface area contributed by atoms with Crippen molar-refractivity contribution in [1.82, 2.24) is 4.98 Å². The molecule has 1 heterocycles. The van der Waals surface area contributed by atoms with Gasteiger partial charge in [-0.05, 0) is 36.8 Å². The number of rotatable bonds is 5. The molecule has 1 aliphatic carbocycles. The predicted octanol–water partition coefficient (Wildman–Crippen LogP) is 3.61. The monoisotopic (exact) mass is 306 g/mol. The van der Waals surface area contributed by atoms with Gasteiger partial charge in [0.1, 0.15) is 5.52 Å². The summed E-state index contributed by atoms with van der Waals surface area (Å²) in [4.78, 5) is 15.4. The Balaban J connectivity index is 1.79. The van der Waals surface area contributed by atoms with Gasteiger partial charge in [0.05, 0.1) is 5.56 Å². The van der Waals surface area contributed by atoms with Crippen LogP contribution in [-0.4, -0.2) is 33.1 Å². The SMILES string of the molecule is CCSC1CCCC1Nc1nc2ccc(C(=O)O)cc2o1. The molecule has 0 amide bonds. The van der Waals surface area contributed by atoms with Crippen molar-refractivity contribution in [2.45, 2.75) is 37.5 Å². The zero-order valence-electron chi connectivity index (χ0n) is 11.8. The summed E-state index contributed by atoms with van der Waals surface area (Å²) in [5.41, 5.74) is 1.40. The van der Waals surface area contributed by atoms with E-state index in [9.17, 15) is 4.79 Å². The molecule has 2 N–H and O–H groups in total. The van der Waals surface area contributed by atoms with Crippen LogP contribution < -0.4 is 5.32 Å². The molecule has 0 aliphatic heterocycles. The normalized spacial score (nSPS) is 21.8. The van der Waals surface area contributed by atoms with Gasteiger partial charge in [0.15, 0.2) is 5.58 Å². The third kappa shape index (κ3) is 3.00. The Kier molecular flexibility index (Phi) is 4.05. The van der Waals surface area contributed by atoms with E-state index in [0.717, 1.165) is 12.2 Å². The van der Waals surface area contributed by atoms with Crippen LogP contribution in [0.3, 0.4) is 0 Å². The van der Waals surface area contributed by atoms with Crippen LogP contribution in [0.25, 0.3) is 11.1 Å². The Morgan fingerprint density at radius 3 is 3.14 bits per heavy atom. The van der Waals surface area contributed by atoms with Crippen molar-refractivity contribution in [1.29, 1.82) is 0 Å². The first-order valence-electron chi connectivity index (χ1n) is 7.19. The number of carbonyl (C=O) groups is 1. The molecule has 0 bridgehead atoms. The van der Waals surface area contributed by atoms with Crippen LogP contribution in [-0.2, 0) is 0 Å². The minimum Gasteiger partial charge on any atom is -0.478 e. The number of hydrogen-bond acceptors (Lipinski definition) is 5. The zero-order chi connectivity index (χ0) is 14.8. The molecule has 1 fully saturated rings. The van der Waals surface area contributed by atoms with E-state index >= 15 is 0 Å². The number of carboxylic acids is 1. The van der Waals surface area contributed by atoms with Gasteiger partial charge in [-0.25, -0.2) is 4.79 Å². The fraction of sp³-hybridized carbons (Fsp3) is 0.467. The fourth-order valence-electron chi connectivity index (χ4n) is 2.78. The lowest BCUT2D eigenvalue weighted by Crippen LogP contribution is -2.26. The lowest BCUT2D eigenvalue weighted by molar-refractivity contribution is 0.0697. The van der Waals surface area contributed by atoms with Gasteiger partial charge in [-0.2, -0.15) is 16.7 Å². The highest BCUT2D eigenvalue weighted by Gasteiger charge is 2.28. The van der Waals surface area contributed by atoms with Crippen molar-refractivity contribution in [2.75, 3.05) is 11.1 Å². The number of anilines is 1. The largest absolute Gasteiger partial charge is 0.478 e. The summed E-state index contributed by atoms with van der Waals surface area (Å²) < 4.78 is 5.65. The molecule has 2 aromatic rings. The molecule has 2 unspecified atom stereocenters. The number of nitrogens with zero attached hydrogens (tertiary/aromatic N) is 1. The Morgan fingerprint density at radius 2 is 2.38 bits per heavy atom. The van der Waals surface area contributed by atoms with Crippen molar-refractivity contribution >= 4 is 34.8 Å². The molecular formula is C15H18N2O3S. The lowest BCUT2D eigenvalue weighted by atomic mass is 10.2. The second kappa shape index (κ2) is 5.97. The van der Waals surface area contributed by atoms with E-state index in [2.05, 4.69) is 17.2 Å². The van der Waals surface area contributed by atoms with Crippen LogP contribution in [0, 0.1) is 0 Å². The van der Waals surface area contributed by atoms with Gasteiger partial charge in [-0.1, -0.05) is 13.3 Å². The average molecular weight is 306 g/mol. The Hall–Kier alpha value is -1.69. The number of aromatic nitrogens is 1. The molecule has 6 heteroatoms. The third-order valence-corrected chi connectivity index (χ3v) is 5.10. The van der Waals surface area contributed by atoms with Gasteiger partial charge in [-0.15, -0.1) is 0 Å². The molecule has 1 aromatic carbocycles. The van der Waals surface area contributed by atoms with Crippen LogP contribution >= 0.6 is 11.8 Å². The molecule has 112 valence electrons. The van der Waals surface area contributed by atoms with Crippen molar-refractivity contribution in [2.24, 2.45) is 0 Å². The van der Waals surface area contributed by atoms with Gasteiger partial charge in [-0.3, -0.25) is 0 Å². The summed E-state index contributed by atoms with van der Waals surface area (Å²) in [5.74, 6) is 0.149. The van der Waals surface area contributed by atoms with E-state index in [1.54, 1.807) is 12.1 Å². The van der Waals surface area contributed by atoms with Gasteiger partial charge in [0, 0.05) is 11.3 Å². The summed E-state index contributed by atoms with van der Waals surface area (Å²) in [6, 6.07) is 5.61. The van der Waals surface area contributed by atoms with Crippen molar-refractivity contribution in [3.05, 3.63) is 23.8 Å². The molecule has 1 aromatic heterocycles. The minimum absolute atomic E-state index is 0.213. The summed E-state index contributed by atoms with van der Waals surface area (Å²) in [5, 5.41) is 13.0. The van der Waals surface area contributed by atoms with Gasteiger partial charge >= 0.3 is 5.97 Å². The number of benzene rings is 1. The Morgan fingerprint density at radius 1 is 1.52 bits per heavy atom. The highest BCUT2D eigenvalue weighted by atomic mass is 32.2. The van der Waals surface area contributed by atoms with Crippen LogP contribution in [0.2, 0.25) is 0 Å². The molecule has 0 saturated heterocycles. The number of oxazole rings is 1. The Labute approximate surface area is 127 Å². The summed E-state index contributed by atoms with van der Waals surface area (Å²) in [6.45, 7) is 2.17. The van der Waals surface area contributed by atoms with Crippen LogP contribution in [0.1, 0.15) is 36.5 Å². The minimum atomic E-state index is -0.960. The average Bonchev–Trinajstić information content (AvgIpc) is 3.05. The molecule has 1 aliphatic rings. The summed E-state index contributed by atoms with van der Waals surface area (Å²) in [7, 11) is 0. The second-order valence-electron chi connectivity index (χ2n) is 5.18. The van der Waals surface area contributed by atoms with E-state index < -0.39 is 5.97 Å². The van der Waals surface area contributed by atoms with E-state index in [-0.39, 0.29) is 5.56 Å². The Bertz CT molecular complexity index is 655. The maximum Gasteiger partial charge on any atom is 0.335 e. The molecule has 3 rings (SSSR count). The van der Waals surface area contributed by atoms with Crippen molar-refractivity contribution in [3.8, 4) is 0 Å². The number of thioether (sulfide) groups is 1. The molecular weight excluding hydrogens is 288 g/mol. The number of aromatic carboxylic acids is 1. The first-order chi connectivity index (χ1) is 10.2. The summed E-state index contributed by atoms with van der Waals surface area (Å²) >= 11 is 1.97. The predicted molar refractivity (Wildman–Crippen MR) is 84.2 cm³/mol. The molecule has 5 nitrogen and oxygen atoms in total. The smallest absolute Gasteiger partial charge is 0.335 e. The maximum atomic E-state index is 11.0. The molecule has 21 heavy (non-hydrogen) atoms. The molecule has 0 spiro atoms. The second-order valence-corrected chi connectivity index (χ2v) is 6.70. The summed E-state index contributed by atoms with van der Waals surface area (Å²) in [6.07, 6.45) is 3.56. The zero-order valence-corrected chi connectivity index (χ0v) is 12.7. The molecule has 0 radical (unpaired) electrons. The first-order valence-corrected chi connectivity index (χ1v) is 8.24. The van der Waals surface area contributed by atoms with E-state index in [0.29, 0.717) is 28.4 Å². The molecule has 1 saturated carbocycles. The van der Waals surface area contributed by atoms with E-state index in [4.69, 9.17) is 9.52 Å². The highest BCUT2D eigenvalue weighted by Crippen LogP contribution is 2.32. The maximum absolute atomic E-state index is 11.0. The standard InChI is InChI=1S/C15H18N2O3S/c1-2-21-13-5-3-4-11(13)17-15-16-10-7-6-9(14(18)19)8-12(10)20-15/h6-8,11,13H,2-5H2,1H3,(H,16,17)(H,18,19). The van der Waals surface area contributed by atoms with E-state index in [1.165, 1.54) is 18.9 Å². The van der Waals surface area contributed by atoms with Crippen molar-refractivity contribution < 1.29 is 14.3 Å². The fourth-order valence-corrected chi connectivity index (χ4v) is 3.98. The van der Waals surface area contributed by atoms with Gasteiger partial charge < -0.3 is 14.8 Å². The third-order valence-electron chi connectivity index (χ3n) is 3.78. The topological polar surface area (TPSA) is 75.4 Å². The number of nitrogens with one attached hydrogen (secondary N) is 1.